The monoisotopic (exact) mass is 752 g/mol. The van der Waals surface area contributed by atoms with Crippen LogP contribution in [0.1, 0.15) is 70.1 Å². The Morgan fingerprint density at radius 3 is 2.28 bits per heavy atom. The van der Waals surface area contributed by atoms with Crippen LogP contribution in [0.2, 0.25) is 36.3 Å². The molecule has 1 fully saturated rings. The van der Waals surface area contributed by atoms with Crippen LogP contribution in [0.3, 0.4) is 0 Å². The van der Waals surface area contributed by atoms with E-state index in [4.69, 9.17) is 18.6 Å². The lowest BCUT2D eigenvalue weighted by molar-refractivity contribution is -0.382. The van der Waals surface area contributed by atoms with E-state index in [-0.39, 0.29) is 39.4 Å². The molecule has 14 heteroatoms. The van der Waals surface area contributed by atoms with Gasteiger partial charge in [-0.25, -0.2) is 15.0 Å². The van der Waals surface area contributed by atoms with Gasteiger partial charge in [-0.1, -0.05) is 77.9 Å². The topological polar surface area (TPSA) is 144 Å². The number of nitrogens with one attached hydrogen (secondary N) is 1. The number of imidazole rings is 1. The molecule has 3 heterocycles. The number of ether oxygens (including phenoxy) is 1. The van der Waals surface area contributed by atoms with E-state index < -0.39 is 27.8 Å². The van der Waals surface area contributed by atoms with E-state index in [1.54, 1.807) is 36.7 Å². The minimum atomic E-state index is -2.17. The summed E-state index contributed by atoms with van der Waals surface area (Å²) in [4.78, 5) is 39.6. The SMILES string of the molecule is CC(C)(C)[Si](C)(C)OC[C@H]1O[C@@H](n2cnc3c(Nc4cc5c6c(cccc6c4[N+](=O)[O-])C(=O)c4ccccc4-5)ncnc32)C[C@@H]1O[Si](C)(C)C(C)(C)C. The molecular weight excluding hydrogens is 705 g/mol. The molecular formula is C39H48N6O6Si2. The highest BCUT2D eigenvalue weighted by molar-refractivity contribution is 6.74. The smallest absolute Gasteiger partial charge is 0.300 e. The van der Waals surface area contributed by atoms with Crippen molar-refractivity contribution in [1.29, 1.82) is 0 Å². The number of anilines is 2. The van der Waals surface area contributed by atoms with Crippen LogP contribution in [-0.2, 0) is 13.6 Å². The van der Waals surface area contributed by atoms with Gasteiger partial charge >= 0.3 is 5.69 Å². The Morgan fingerprint density at radius 2 is 1.60 bits per heavy atom. The fraction of sp³-hybridized carbons (Fsp3) is 0.436. The van der Waals surface area contributed by atoms with Crippen LogP contribution >= 0.6 is 0 Å². The third-order valence-electron chi connectivity index (χ3n) is 11.8. The average Bonchev–Trinajstić information content (AvgIpc) is 3.69. The number of rotatable bonds is 9. The molecule has 2 aliphatic rings. The van der Waals surface area contributed by atoms with E-state index in [0.29, 0.717) is 51.9 Å². The number of benzene rings is 3. The first-order chi connectivity index (χ1) is 24.8. The van der Waals surface area contributed by atoms with Gasteiger partial charge in [0.2, 0.25) is 0 Å². The predicted octanol–water partition coefficient (Wildman–Crippen LogP) is 9.54. The fourth-order valence-corrected chi connectivity index (χ4v) is 9.09. The molecule has 2 aromatic heterocycles. The van der Waals surface area contributed by atoms with Gasteiger partial charge in [-0.15, -0.1) is 0 Å². The van der Waals surface area contributed by atoms with Crippen molar-refractivity contribution in [3.05, 3.63) is 82.4 Å². The van der Waals surface area contributed by atoms with Gasteiger partial charge < -0.3 is 18.9 Å². The van der Waals surface area contributed by atoms with Crippen molar-refractivity contribution in [2.24, 2.45) is 0 Å². The molecule has 0 saturated carbocycles. The van der Waals surface area contributed by atoms with Crippen molar-refractivity contribution in [2.75, 3.05) is 11.9 Å². The second-order valence-corrected chi connectivity index (χ2v) is 26.8. The van der Waals surface area contributed by atoms with E-state index in [2.05, 4.69) is 83.0 Å². The molecule has 3 aromatic carbocycles. The van der Waals surface area contributed by atoms with Gasteiger partial charge in [0, 0.05) is 22.9 Å². The molecule has 12 nitrogen and oxygen atoms in total. The van der Waals surface area contributed by atoms with Gasteiger partial charge in [0.15, 0.2) is 39.4 Å². The molecule has 0 unspecified atom stereocenters. The van der Waals surface area contributed by atoms with E-state index in [1.807, 2.05) is 22.8 Å². The Bertz CT molecular complexity index is 2270. The highest BCUT2D eigenvalue weighted by Crippen LogP contribution is 2.47. The number of carbonyl (C=O) groups is 1. The number of fused-ring (bicyclic) bond motifs is 3. The predicted molar refractivity (Wildman–Crippen MR) is 212 cm³/mol. The van der Waals surface area contributed by atoms with Gasteiger partial charge in [0.05, 0.1) is 29.3 Å². The third kappa shape index (κ3) is 6.39. The third-order valence-corrected chi connectivity index (χ3v) is 20.8. The fourth-order valence-electron chi connectivity index (χ4n) is 6.71. The molecule has 3 atom stereocenters. The van der Waals surface area contributed by atoms with Crippen LogP contribution in [0.25, 0.3) is 33.1 Å². The Morgan fingerprint density at radius 1 is 0.925 bits per heavy atom. The molecule has 0 amide bonds. The summed E-state index contributed by atoms with van der Waals surface area (Å²) in [6.07, 6.45) is 2.76. The first kappa shape index (κ1) is 37.0. The Labute approximate surface area is 311 Å². The number of hydrogen-bond acceptors (Lipinski definition) is 10. The summed E-state index contributed by atoms with van der Waals surface area (Å²) < 4.78 is 22.3. The largest absolute Gasteiger partial charge is 0.414 e. The zero-order chi connectivity index (χ0) is 38.2. The maximum Gasteiger partial charge on any atom is 0.300 e. The number of hydrogen-bond donors (Lipinski definition) is 1. The van der Waals surface area contributed by atoms with Crippen molar-refractivity contribution < 1.29 is 23.3 Å². The molecule has 53 heavy (non-hydrogen) atoms. The zero-order valence-electron chi connectivity index (χ0n) is 32.1. The first-order valence-corrected chi connectivity index (χ1v) is 23.9. The standard InChI is InChI=1S/C39H48N6O6Si2/c1-38(2,3)52(7,8)49-20-30-29(51-53(9,10)39(4,5)6)19-31(50-30)44-22-42-33-36(40-21-41-37(33)44)43-28-18-27-23-14-11-12-15-24(23)35(46)26-17-13-16-25(32(26)27)34(28)45(47)48/h11-18,21-22,29-31H,19-20H2,1-10H3,(H,40,41,43)/t29-,30+,31+/m0/s1. The molecule has 1 saturated heterocycles. The van der Waals surface area contributed by atoms with Crippen LogP contribution in [0, 0.1) is 10.1 Å². The maximum atomic E-state index is 13.4. The van der Waals surface area contributed by atoms with E-state index >= 15 is 0 Å². The molecule has 1 aliphatic carbocycles. The summed E-state index contributed by atoms with van der Waals surface area (Å²) >= 11 is 0. The van der Waals surface area contributed by atoms with Crippen LogP contribution in [0.5, 0.6) is 0 Å². The summed E-state index contributed by atoms with van der Waals surface area (Å²) in [6.45, 7) is 22.8. The van der Waals surface area contributed by atoms with Gasteiger partial charge in [-0.05, 0) is 59.5 Å². The number of nitro groups is 1. The second-order valence-electron chi connectivity index (χ2n) is 17.2. The Kier molecular flexibility index (Phi) is 9.01. The lowest BCUT2D eigenvalue weighted by atomic mass is 9.82. The Balaban J connectivity index is 1.26. The van der Waals surface area contributed by atoms with Gasteiger partial charge in [0.25, 0.3) is 0 Å². The van der Waals surface area contributed by atoms with Crippen molar-refractivity contribution in [3.8, 4) is 11.1 Å². The lowest BCUT2D eigenvalue weighted by Gasteiger charge is -2.40. The van der Waals surface area contributed by atoms with E-state index in [1.165, 1.54) is 6.33 Å². The normalized spacial score (nSPS) is 19.2. The average molecular weight is 753 g/mol. The molecule has 7 rings (SSSR count). The number of aromatic nitrogens is 4. The number of nitro benzene ring substituents is 1. The molecule has 0 bridgehead atoms. The van der Waals surface area contributed by atoms with Crippen molar-refractivity contribution in [1.82, 2.24) is 19.5 Å². The zero-order valence-corrected chi connectivity index (χ0v) is 34.1. The maximum absolute atomic E-state index is 13.4. The molecule has 1 aliphatic heterocycles. The van der Waals surface area contributed by atoms with Crippen molar-refractivity contribution >= 4 is 61.5 Å². The second kappa shape index (κ2) is 12.9. The van der Waals surface area contributed by atoms with Crippen molar-refractivity contribution in [3.63, 3.8) is 0 Å². The first-order valence-electron chi connectivity index (χ1n) is 18.1. The van der Waals surface area contributed by atoms with Crippen LogP contribution in [0.4, 0.5) is 17.2 Å². The lowest BCUT2D eigenvalue weighted by Crippen LogP contribution is -2.48. The molecule has 5 aromatic rings. The van der Waals surface area contributed by atoms with Crippen LogP contribution in [-0.4, -0.2) is 65.7 Å². The molecule has 0 radical (unpaired) electrons. The number of ketones is 1. The molecule has 278 valence electrons. The summed E-state index contributed by atoms with van der Waals surface area (Å²) in [5.41, 5.74) is 3.47. The molecule has 0 spiro atoms. The van der Waals surface area contributed by atoms with Crippen LogP contribution < -0.4 is 5.32 Å². The highest BCUT2D eigenvalue weighted by atomic mass is 28.4. The van der Waals surface area contributed by atoms with Gasteiger partial charge in [-0.2, -0.15) is 0 Å². The minimum Gasteiger partial charge on any atom is -0.414 e. The van der Waals surface area contributed by atoms with Crippen molar-refractivity contribution in [2.45, 2.75) is 103 Å². The summed E-state index contributed by atoms with van der Waals surface area (Å²) in [5.74, 6) is 0.154. The van der Waals surface area contributed by atoms with E-state index in [0.717, 1.165) is 11.1 Å². The summed E-state index contributed by atoms with van der Waals surface area (Å²) in [6, 6.07) is 14.1. The number of nitrogens with zero attached hydrogens (tertiary/aromatic N) is 5. The number of carbonyl (C=O) groups excluding carboxylic acids is 1. The summed E-state index contributed by atoms with van der Waals surface area (Å²) in [7, 11) is -4.24. The molecule has 1 N–H and O–H groups in total. The highest BCUT2D eigenvalue weighted by Gasteiger charge is 2.47. The Hall–Kier alpha value is -4.35. The minimum absolute atomic E-state index is 0.00839. The van der Waals surface area contributed by atoms with Crippen LogP contribution in [0.15, 0.2) is 61.2 Å². The quantitative estimate of drug-likeness (QED) is 0.0861. The van der Waals surface area contributed by atoms with E-state index in [9.17, 15) is 14.9 Å². The van der Waals surface area contributed by atoms with Gasteiger partial charge in [0.1, 0.15) is 24.3 Å². The summed E-state index contributed by atoms with van der Waals surface area (Å²) in [5, 5.41) is 16.9. The van der Waals surface area contributed by atoms with Gasteiger partial charge in [-0.3, -0.25) is 19.5 Å².